The molecule has 0 aromatic heterocycles. The SMILES string of the molecule is COc1ccc(CNC(=O)C2CC(F)(F)CN2)c(OC)c1.Cl. The summed E-state index contributed by atoms with van der Waals surface area (Å²) in [5.74, 6) is -2.05. The number of amides is 1. The Kier molecular flexibility index (Phi) is 6.37. The lowest BCUT2D eigenvalue weighted by Gasteiger charge is -2.14. The molecule has 1 aromatic carbocycles. The zero-order valence-corrected chi connectivity index (χ0v) is 13.1. The predicted molar refractivity (Wildman–Crippen MR) is 80.0 cm³/mol. The third kappa shape index (κ3) is 4.45. The molecule has 8 heteroatoms. The van der Waals surface area contributed by atoms with Crippen LogP contribution in [0.3, 0.4) is 0 Å². The Hall–Kier alpha value is -1.60. The largest absolute Gasteiger partial charge is 0.497 e. The molecule has 1 heterocycles. The van der Waals surface area contributed by atoms with Crippen LogP contribution in [0.4, 0.5) is 8.78 Å². The van der Waals surface area contributed by atoms with Gasteiger partial charge in [0.1, 0.15) is 11.5 Å². The summed E-state index contributed by atoms with van der Waals surface area (Å²) in [6, 6.07) is 4.34. The lowest BCUT2D eigenvalue weighted by Crippen LogP contribution is -2.40. The first kappa shape index (κ1) is 18.4. The summed E-state index contributed by atoms with van der Waals surface area (Å²) in [5, 5.41) is 5.15. The third-order valence-electron chi connectivity index (χ3n) is 3.37. The van der Waals surface area contributed by atoms with Crippen molar-refractivity contribution in [3.05, 3.63) is 23.8 Å². The predicted octanol–water partition coefficient (Wildman–Crippen LogP) is 1.74. The van der Waals surface area contributed by atoms with Crippen LogP contribution in [0.1, 0.15) is 12.0 Å². The summed E-state index contributed by atoms with van der Waals surface area (Å²) in [5.41, 5.74) is 0.747. The fourth-order valence-electron chi connectivity index (χ4n) is 2.20. The lowest BCUT2D eigenvalue weighted by atomic mass is 10.1. The highest BCUT2D eigenvalue weighted by Gasteiger charge is 2.42. The molecule has 1 saturated heterocycles. The number of nitrogens with one attached hydrogen (secondary N) is 2. The first-order chi connectivity index (χ1) is 9.95. The Morgan fingerprint density at radius 1 is 1.41 bits per heavy atom. The minimum absolute atomic E-state index is 0. The zero-order valence-electron chi connectivity index (χ0n) is 12.3. The van der Waals surface area contributed by atoms with E-state index in [0.29, 0.717) is 11.5 Å². The van der Waals surface area contributed by atoms with Crippen LogP contribution in [0.15, 0.2) is 18.2 Å². The number of carbonyl (C=O) groups is 1. The first-order valence-electron chi connectivity index (χ1n) is 6.55. The van der Waals surface area contributed by atoms with E-state index in [9.17, 15) is 13.6 Å². The van der Waals surface area contributed by atoms with Crippen LogP contribution in [-0.4, -0.2) is 38.6 Å². The van der Waals surface area contributed by atoms with E-state index in [4.69, 9.17) is 9.47 Å². The lowest BCUT2D eigenvalue weighted by molar-refractivity contribution is -0.123. The van der Waals surface area contributed by atoms with Gasteiger partial charge in [-0.25, -0.2) is 8.78 Å². The minimum Gasteiger partial charge on any atom is -0.497 e. The molecule has 1 fully saturated rings. The number of rotatable bonds is 5. The van der Waals surface area contributed by atoms with E-state index in [0.717, 1.165) is 5.56 Å². The van der Waals surface area contributed by atoms with Crippen molar-refractivity contribution >= 4 is 18.3 Å². The number of carbonyl (C=O) groups excluding carboxylic acids is 1. The van der Waals surface area contributed by atoms with E-state index in [-0.39, 0.29) is 19.0 Å². The molecule has 5 nitrogen and oxygen atoms in total. The van der Waals surface area contributed by atoms with Gasteiger partial charge >= 0.3 is 0 Å². The molecule has 2 N–H and O–H groups in total. The van der Waals surface area contributed by atoms with E-state index in [1.165, 1.54) is 7.11 Å². The minimum atomic E-state index is -2.82. The van der Waals surface area contributed by atoms with Gasteiger partial charge in [-0.15, -0.1) is 12.4 Å². The number of hydrogen-bond donors (Lipinski definition) is 2. The Balaban J connectivity index is 0.00000242. The van der Waals surface area contributed by atoms with Crippen molar-refractivity contribution < 1.29 is 23.0 Å². The summed E-state index contributed by atoms with van der Waals surface area (Å²) in [6.45, 7) is -0.257. The number of ether oxygens (including phenoxy) is 2. The molecular formula is C14H19ClF2N2O3. The van der Waals surface area contributed by atoms with Gasteiger partial charge in [-0.05, 0) is 12.1 Å². The number of benzene rings is 1. The second-order valence-electron chi connectivity index (χ2n) is 4.89. The quantitative estimate of drug-likeness (QED) is 0.860. The second-order valence-corrected chi connectivity index (χ2v) is 4.89. The monoisotopic (exact) mass is 336 g/mol. The molecule has 0 aliphatic carbocycles. The standard InChI is InChI=1S/C14H18F2N2O3.ClH/c1-20-10-4-3-9(12(5-10)21-2)7-17-13(19)11-6-14(15,16)8-18-11;/h3-5,11,18H,6-8H2,1-2H3,(H,17,19);1H. The van der Waals surface area contributed by atoms with Crippen molar-refractivity contribution in [3.63, 3.8) is 0 Å². The fourth-order valence-corrected chi connectivity index (χ4v) is 2.20. The highest BCUT2D eigenvalue weighted by atomic mass is 35.5. The van der Waals surface area contributed by atoms with Gasteiger partial charge in [-0.3, -0.25) is 10.1 Å². The average molecular weight is 337 g/mol. The van der Waals surface area contributed by atoms with Crippen molar-refractivity contribution in [2.75, 3.05) is 20.8 Å². The molecule has 1 aromatic rings. The van der Waals surface area contributed by atoms with E-state index in [1.54, 1.807) is 25.3 Å². The molecule has 22 heavy (non-hydrogen) atoms. The highest BCUT2D eigenvalue weighted by molar-refractivity contribution is 5.85. The van der Waals surface area contributed by atoms with Crippen molar-refractivity contribution in [2.45, 2.75) is 24.9 Å². The van der Waals surface area contributed by atoms with Crippen molar-refractivity contribution in [1.29, 1.82) is 0 Å². The van der Waals surface area contributed by atoms with Crippen molar-refractivity contribution in [3.8, 4) is 11.5 Å². The molecule has 1 amide bonds. The van der Waals surface area contributed by atoms with Gasteiger partial charge < -0.3 is 14.8 Å². The molecule has 124 valence electrons. The summed E-state index contributed by atoms with van der Waals surface area (Å²) >= 11 is 0. The Labute approximate surface area is 133 Å². The van der Waals surface area contributed by atoms with Crippen LogP contribution in [-0.2, 0) is 11.3 Å². The Morgan fingerprint density at radius 2 is 2.14 bits per heavy atom. The van der Waals surface area contributed by atoms with Crippen molar-refractivity contribution in [2.24, 2.45) is 0 Å². The third-order valence-corrected chi connectivity index (χ3v) is 3.37. The molecule has 1 atom stereocenters. The van der Waals surface area contributed by atoms with Crippen LogP contribution in [0.5, 0.6) is 11.5 Å². The van der Waals surface area contributed by atoms with Crippen LogP contribution >= 0.6 is 12.4 Å². The highest BCUT2D eigenvalue weighted by Crippen LogP contribution is 2.26. The number of methoxy groups -OCH3 is 2. The van der Waals surface area contributed by atoms with Crippen molar-refractivity contribution in [1.82, 2.24) is 10.6 Å². The Morgan fingerprint density at radius 3 is 2.68 bits per heavy atom. The van der Waals surface area contributed by atoms with E-state index in [1.807, 2.05) is 0 Å². The topological polar surface area (TPSA) is 59.6 Å². The molecule has 1 aliphatic heterocycles. The van der Waals surface area contributed by atoms with Gasteiger partial charge in [0, 0.05) is 24.6 Å². The molecule has 1 aliphatic rings. The molecule has 0 saturated carbocycles. The average Bonchev–Trinajstić information content (AvgIpc) is 2.84. The molecule has 2 rings (SSSR count). The maximum Gasteiger partial charge on any atom is 0.262 e. The van der Waals surface area contributed by atoms with Gasteiger partial charge in [0.25, 0.3) is 5.92 Å². The van der Waals surface area contributed by atoms with Gasteiger partial charge in [0.2, 0.25) is 5.91 Å². The van der Waals surface area contributed by atoms with Crippen LogP contribution < -0.4 is 20.1 Å². The first-order valence-corrected chi connectivity index (χ1v) is 6.55. The maximum absolute atomic E-state index is 13.0. The molecule has 0 spiro atoms. The van der Waals surface area contributed by atoms with E-state index < -0.39 is 30.8 Å². The summed E-state index contributed by atoms with van der Waals surface area (Å²) in [6.07, 6.45) is -0.474. The number of hydrogen-bond acceptors (Lipinski definition) is 4. The summed E-state index contributed by atoms with van der Waals surface area (Å²) in [4.78, 5) is 11.9. The van der Waals surface area contributed by atoms with E-state index in [2.05, 4.69) is 10.6 Å². The second kappa shape index (κ2) is 7.60. The van der Waals surface area contributed by atoms with Crippen LogP contribution in [0.25, 0.3) is 0 Å². The van der Waals surface area contributed by atoms with Gasteiger partial charge in [0.15, 0.2) is 0 Å². The Bertz CT molecular complexity index is 529. The van der Waals surface area contributed by atoms with Gasteiger partial charge in [-0.2, -0.15) is 0 Å². The van der Waals surface area contributed by atoms with Crippen LogP contribution in [0.2, 0.25) is 0 Å². The van der Waals surface area contributed by atoms with E-state index >= 15 is 0 Å². The normalized spacial score (nSPS) is 19.2. The number of alkyl halides is 2. The number of halogens is 3. The molecular weight excluding hydrogens is 318 g/mol. The molecule has 1 unspecified atom stereocenters. The summed E-state index contributed by atoms with van der Waals surface area (Å²) < 4.78 is 36.4. The van der Waals surface area contributed by atoms with Crippen LogP contribution in [0, 0.1) is 0 Å². The summed E-state index contributed by atoms with van der Waals surface area (Å²) in [7, 11) is 3.06. The molecule has 0 bridgehead atoms. The molecule has 0 radical (unpaired) electrons. The van der Waals surface area contributed by atoms with Gasteiger partial charge in [-0.1, -0.05) is 0 Å². The zero-order chi connectivity index (χ0) is 15.5. The maximum atomic E-state index is 13.0. The van der Waals surface area contributed by atoms with Gasteiger partial charge in [0.05, 0.1) is 26.8 Å². The fraction of sp³-hybridized carbons (Fsp3) is 0.500. The smallest absolute Gasteiger partial charge is 0.262 e.